The molecular weight excluding hydrogens is 582 g/mol. The molecule has 45 heavy (non-hydrogen) atoms. The van der Waals surface area contributed by atoms with Crippen molar-refractivity contribution in [3.63, 3.8) is 0 Å². The fraction of sp³-hybridized carbons (Fsp3) is 0.438. The number of ether oxygens (including phenoxy) is 1. The molecule has 0 saturated carbocycles. The minimum Gasteiger partial charge on any atom is -0.494 e. The lowest BCUT2D eigenvalue weighted by molar-refractivity contribution is 0.219. The number of anilines is 4. The average Bonchev–Trinajstić information content (AvgIpc) is 3.53. The molecule has 2 N–H and O–H groups in total. The third-order valence-corrected chi connectivity index (χ3v) is 13.9. The van der Waals surface area contributed by atoms with Crippen LogP contribution in [-0.2, 0) is 21.1 Å². The predicted molar refractivity (Wildman–Crippen MR) is 184 cm³/mol. The minimum atomic E-state index is -2.07. The normalized spacial score (nSPS) is 17.4. The van der Waals surface area contributed by atoms with Gasteiger partial charge in [-0.15, -0.1) is 0 Å². The summed E-state index contributed by atoms with van der Waals surface area (Å²) in [4.78, 5) is 24.7. The summed E-state index contributed by atoms with van der Waals surface area (Å²) in [5.41, 5.74) is 5.89. The molecule has 0 amide bonds. The Morgan fingerprint density at radius 1 is 1.29 bits per heavy atom. The van der Waals surface area contributed by atoms with Crippen molar-refractivity contribution in [2.24, 2.45) is 0 Å². The lowest BCUT2D eigenvalue weighted by Crippen LogP contribution is -2.46. The molecule has 0 saturated heterocycles. The molecule has 3 heterocycles. The maximum absolute atomic E-state index is 11.6. The zero-order valence-corrected chi connectivity index (χ0v) is 28.4. The highest BCUT2D eigenvalue weighted by Gasteiger charge is 2.44. The van der Waals surface area contributed by atoms with Gasteiger partial charge in [0.15, 0.2) is 8.32 Å². The molecule has 233 valence electrons. The van der Waals surface area contributed by atoms with E-state index in [1.165, 1.54) is 7.41 Å². The molecule has 13 heteroatoms. The van der Waals surface area contributed by atoms with Crippen molar-refractivity contribution in [3.8, 4) is 23.1 Å². The van der Waals surface area contributed by atoms with E-state index in [2.05, 4.69) is 63.2 Å². The summed E-state index contributed by atoms with van der Waals surface area (Å²) in [5.74, 6) is 0.999. The van der Waals surface area contributed by atoms with Gasteiger partial charge in [-0.05, 0) is 66.8 Å². The van der Waals surface area contributed by atoms with Gasteiger partial charge >= 0.3 is 14.5 Å². The quantitative estimate of drug-likeness (QED) is 0.232. The van der Waals surface area contributed by atoms with Crippen LogP contribution < -0.4 is 19.7 Å². The van der Waals surface area contributed by atoms with Crippen LogP contribution in [-0.4, -0.2) is 70.8 Å². The van der Waals surface area contributed by atoms with Crippen molar-refractivity contribution in [2.75, 3.05) is 41.7 Å². The number of aromatic nitrogens is 2. The summed E-state index contributed by atoms with van der Waals surface area (Å²) in [5, 5.41) is 23.8. The fourth-order valence-electron chi connectivity index (χ4n) is 5.86. The first-order valence-electron chi connectivity index (χ1n) is 15.3. The summed E-state index contributed by atoms with van der Waals surface area (Å²) in [6, 6.07) is 12.0. The first kappa shape index (κ1) is 32.5. The smallest absolute Gasteiger partial charge is 0.409 e. The van der Waals surface area contributed by atoms with Crippen LogP contribution >= 0.6 is 0 Å². The van der Waals surface area contributed by atoms with E-state index >= 15 is 0 Å². The summed E-state index contributed by atoms with van der Waals surface area (Å²) in [6.45, 7) is 16.7. The van der Waals surface area contributed by atoms with E-state index in [0.717, 1.165) is 52.9 Å². The second-order valence-electron chi connectivity index (χ2n) is 13.7. The number of carbonyl (C=O) groups excluding carboxylic acids is 1. The molecule has 10 nitrogen and oxygen atoms in total. The van der Waals surface area contributed by atoms with Gasteiger partial charge < -0.3 is 33.9 Å². The van der Waals surface area contributed by atoms with Crippen molar-refractivity contribution in [2.45, 2.75) is 64.5 Å². The highest BCUT2D eigenvalue weighted by atomic mass is 28.4. The van der Waals surface area contributed by atoms with Gasteiger partial charge in [-0.25, -0.2) is 9.97 Å². The van der Waals surface area contributed by atoms with Crippen molar-refractivity contribution in [1.82, 2.24) is 9.97 Å². The molecule has 1 radical (unpaired) electrons. The van der Waals surface area contributed by atoms with Crippen LogP contribution in [0.25, 0.3) is 11.3 Å². The topological polar surface area (TPSA) is 124 Å². The van der Waals surface area contributed by atoms with Crippen molar-refractivity contribution in [3.05, 3.63) is 53.2 Å². The Kier molecular flexibility index (Phi) is 8.79. The average molecular weight is 623 g/mol. The number of carbonyl (C=O) groups is 1. The molecule has 1 aromatic heterocycles. The molecule has 3 aromatic rings. The first-order chi connectivity index (χ1) is 21.2. The van der Waals surface area contributed by atoms with Crippen LogP contribution in [0, 0.1) is 11.3 Å². The van der Waals surface area contributed by atoms with Crippen molar-refractivity contribution in [1.29, 1.82) is 5.26 Å². The van der Waals surface area contributed by atoms with E-state index in [-0.39, 0.29) is 5.04 Å². The molecule has 1 atom stereocenters. The van der Waals surface area contributed by atoms with E-state index < -0.39 is 20.8 Å². The van der Waals surface area contributed by atoms with Crippen LogP contribution in [0.3, 0.4) is 0 Å². The van der Waals surface area contributed by atoms with Crippen LogP contribution in [0.15, 0.2) is 36.5 Å². The number of hydrogen-bond donors (Lipinski definition) is 2. The standard InChI is InChI=1S/C32H41B2N6O4Si/c1-31(2,3)45(7,8)44-19-32(4)18-39(33-20-41)29-23(17-35)13-22(14-24(29)32)25-9-11-36-30(37-25)38-26-15-21-10-12-40(34(5)42)27(21)16-28(26)43-6/h9,11,13-16,20,42H,10,12,18-19H2,1-8H3,(H,36,37,38). The Labute approximate surface area is 268 Å². The van der Waals surface area contributed by atoms with E-state index in [1.54, 1.807) is 20.1 Å². The highest BCUT2D eigenvalue weighted by Crippen LogP contribution is 2.46. The van der Waals surface area contributed by atoms with E-state index in [0.29, 0.717) is 36.1 Å². The van der Waals surface area contributed by atoms with Gasteiger partial charge in [0.25, 0.3) is 0 Å². The van der Waals surface area contributed by atoms with Crippen LogP contribution in [0.5, 0.6) is 5.75 Å². The molecule has 0 spiro atoms. The summed E-state index contributed by atoms with van der Waals surface area (Å²) < 4.78 is 12.4. The molecular formula is C32H41B2N6O4Si. The number of nitriles is 1. The molecule has 2 aliphatic heterocycles. The Hall–Kier alpha value is -3.85. The molecule has 2 aliphatic rings. The molecule has 0 aliphatic carbocycles. The predicted octanol–water partition coefficient (Wildman–Crippen LogP) is 5.15. The number of hydrogen-bond acceptors (Lipinski definition) is 10. The van der Waals surface area contributed by atoms with Crippen molar-refractivity contribution >= 4 is 52.0 Å². The molecule has 0 fully saturated rings. The van der Waals surface area contributed by atoms with E-state index in [1.807, 2.05) is 33.9 Å². The molecule has 0 bridgehead atoms. The second kappa shape index (κ2) is 12.2. The van der Waals surface area contributed by atoms with Gasteiger partial charge in [0.05, 0.1) is 24.1 Å². The number of fused-ring (bicyclic) bond motifs is 2. The third kappa shape index (κ3) is 6.19. The number of nitrogens with one attached hydrogen (secondary N) is 1. The molecule has 5 rings (SSSR count). The Bertz CT molecular complexity index is 1660. The second-order valence-corrected chi connectivity index (χ2v) is 18.5. The van der Waals surface area contributed by atoms with Gasteiger partial charge in [-0.1, -0.05) is 27.7 Å². The van der Waals surface area contributed by atoms with Gasteiger partial charge in [0.2, 0.25) is 5.95 Å². The number of rotatable bonds is 10. The zero-order valence-electron chi connectivity index (χ0n) is 27.4. The number of benzene rings is 2. The Morgan fingerprint density at radius 2 is 2.04 bits per heavy atom. The maximum atomic E-state index is 11.6. The van der Waals surface area contributed by atoms with Crippen molar-refractivity contribution < 1.29 is 19.0 Å². The summed E-state index contributed by atoms with van der Waals surface area (Å²) in [6.07, 6.45) is 3.25. The number of nitrogens with zero attached hydrogens (tertiary/aromatic N) is 5. The SMILES string of the molecule is COc1cc2c(cc1Nc1nccc(-c3cc(C#N)c4c(c3)C(C)(CO[Si](C)(C)C(C)(C)C)CN4[B]C=O)n1)CCN2B(C)O. The minimum absolute atomic E-state index is 0.0432. The lowest BCUT2D eigenvalue weighted by Gasteiger charge is -2.39. The lowest BCUT2D eigenvalue weighted by atomic mass is 9.83. The molecule has 1 unspecified atom stereocenters. The van der Waals surface area contributed by atoms with Gasteiger partial charge in [-0.3, -0.25) is 0 Å². The van der Waals surface area contributed by atoms with Gasteiger partial charge in [-0.2, -0.15) is 5.26 Å². The maximum Gasteiger partial charge on any atom is 0.409 e. The molecule has 2 aromatic carbocycles. The van der Waals surface area contributed by atoms with Crippen LogP contribution in [0.1, 0.15) is 44.4 Å². The van der Waals surface area contributed by atoms with E-state index in [9.17, 15) is 15.1 Å². The Balaban J connectivity index is 1.51. The van der Waals surface area contributed by atoms with Gasteiger partial charge in [0.1, 0.15) is 18.0 Å². The van der Waals surface area contributed by atoms with Gasteiger partial charge in [0, 0.05) is 54.3 Å². The first-order valence-corrected chi connectivity index (χ1v) is 18.2. The summed E-state index contributed by atoms with van der Waals surface area (Å²) in [7, 11) is 0.442. The largest absolute Gasteiger partial charge is 0.494 e. The van der Waals surface area contributed by atoms with Crippen LogP contribution in [0.4, 0.5) is 23.0 Å². The van der Waals surface area contributed by atoms with E-state index in [4.69, 9.17) is 14.1 Å². The van der Waals surface area contributed by atoms with Crippen LogP contribution in [0.2, 0.25) is 25.0 Å². The Morgan fingerprint density at radius 3 is 2.69 bits per heavy atom. The number of methoxy groups -OCH3 is 1. The third-order valence-electron chi connectivity index (χ3n) is 9.47. The monoisotopic (exact) mass is 623 g/mol. The highest BCUT2D eigenvalue weighted by molar-refractivity contribution is 6.74. The zero-order chi connectivity index (χ0) is 32.7. The fourth-order valence-corrected chi connectivity index (χ4v) is 6.97. The summed E-state index contributed by atoms with van der Waals surface area (Å²) >= 11 is 0.